The van der Waals surface area contributed by atoms with Gasteiger partial charge in [-0.25, -0.2) is 9.78 Å². The molecule has 0 saturated carbocycles. The quantitative estimate of drug-likeness (QED) is 0.614. The number of hydrogen-bond donors (Lipinski definition) is 2. The van der Waals surface area contributed by atoms with E-state index in [-0.39, 0.29) is 31.1 Å². The number of rotatable bonds is 4. The van der Waals surface area contributed by atoms with Crippen molar-refractivity contribution in [2.75, 3.05) is 0 Å². The van der Waals surface area contributed by atoms with Gasteiger partial charge in [0.25, 0.3) is 5.91 Å². The standard InChI is InChI=1S/C14H11N3O3S.Li.H/c18-13(10-1-2-11(21-10)14(19)20)16-8-9-3-5-17-6-4-15-12(17)7-9;;/h1-7H,8H2,(H,16,18)(H,19,20);;/q;+1;-1. The second-order valence-corrected chi connectivity index (χ2v) is 5.46. The van der Waals surface area contributed by atoms with Crippen LogP contribution in [0.25, 0.3) is 5.65 Å². The molecule has 3 rings (SSSR count). The van der Waals surface area contributed by atoms with E-state index in [0.717, 1.165) is 22.5 Å². The number of carboxylic acid groups (broad SMARTS) is 1. The summed E-state index contributed by atoms with van der Waals surface area (Å²) in [5, 5.41) is 11.6. The third-order valence-electron chi connectivity index (χ3n) is 2.96. The minimum Gasteiger partial charge on any atom is -1.00 e. The number of fused-ring (bicyclic) bond motifs is 1. The Morgan fingerprint density at radius 3 is 2.77 bits per heavy atom. The largest absolute Gasteiger partial charge is 1.00 e. The monoisotopic (exact) mass is 309 g/mol. The molecule has 0 radical (unpaired) electrons. The molecule has 0 aliphatic rings. The van der Waals surface area contributed by atoms with Gasteiger partial charge in [0.15, 0.2) is 0 Å². The second-order valence-electron chi connectivity index (χ2n) is 4.38. The van der Waals surface area contributed by atoms with Gasteiger partial charge in [-0.2, -0.15) is 0 Å². The van der Waals surface area contributed by atoms with Crippen LogP contribution in [0.4, 0.5) is 0 Å². The number of nitrogens with one attached hydrogen (secondary N) is 1. The van der Waals surface area contributed by atoms with Gasteiger partial charge in [0, 0.05) is 25.1 Å². The number of aromatic carboxylic acids is 1. The zero-order valence-electron chi connectivity index (χ0n) is 12.8. The van der Waals surface area contributed by atoms with Crippen molar-refractivity contribution in [3.05, 3.63) is 58.2 Å². The molecular formula is C14H12LiN3O3S. The SMILES string of the molecule is O=C(O)c1ccc(C(=O)NCc2ccn3ccnc3c2)s1.[H-].[Li+]. The van der Waals surface area contributed by atoms with E-state index in [1.807, 2.05) is 28.9 Å². The van der Waals surface area contributed by atoms with Crippen LogP contribution in [-0.2, 0) is 6.54 Å². The first kappa shape index (κ1) is 16.3. The molecule has 22 heavy (non-hydrogen) atoms. The Hall–Kier alpha value is -2.07. The van der Waals surface area contributed by atoms with Gasteiger partial charge >= 0.3 is 24.8 Å². The Kier molecular flexibility index (Phi) is 5.03. The summed E-state index contributed by atoms with van der Waals surface area (Å²) in [5.74, 6) is -1.31. The Morgan fingerprint density at radius 1 is 1.27 bits per heavy atom. The first-order valence-electron chi connectivity index (χ1n) is 6.16. The van der Waals surface area contributed by atoms with Crippen LogP contribution >= 0.6 is 11.3 Å². The van der Waals surface area contributed by atoms with Crippen molar-refractivity contribution in [2.45, 2.75) is 6.54 Å². The van der Waals surface area contributed by atoms with Crippen LogP contribution in [0, 0.1) is 0 Å². The zero-order valence-corrected chi connectivity index (χ0v) is 12.6. The smallest absolute Gasteiger partial charge is 1.00 e. The summed E-state index contributed by atoms with van der Waals surface area (Å²) in [6.07, 6.45) is 5.42. The summed E-state index contributed by atoms with van der Waals surface area (Å²) in [4.78, 5) is 27.4. The second kappa shape index (κ2) is 6.79. The van der Waals surface area contributed by atoms with Crippen LogP contribution in [-0.4, -0.2) is 26.4 Å². The number of amides is 1. The number of carbonyl (C=O) groups is 2. The van der Waals surface area contributed by atoms with E-state index in [2.05, 4.69) is 10.3 Å². The fourth-order valence-corrected chi connectivity index (χ4v) is 2.67. The maximum absolute atomic E-state index is 12.0. The molecule has 0 aliphatic heterocycles. The Morgan fingerprint density at radius 2 is 2.05 bits per heavy atom. The van der Waals surface area contributed by atoms with Gasteiger partial charge in [-0.15, -0.1) is 11.3 Å². The van der Waals surface area contributed by atoms with Crippen molar-refractivity contribution in [1.29, 1.82) is 0 Å². The van der Waals surface area contributed by atoms with Crippen molar-refractivity contribution in [3.8, 4) is 0 Å². The first-order chi connectivity index (χ1) is 10.1. The molecule has 0 spiro atoms. The number of aromatic nitrogens is 2. The molecule has 0 aliphatic carbocycles. The zero-order chi connectivity index (χ0) is 14.8. The predicted octanol–water partition coefficient (Wildman–Crippen LogP) is -0.859. The van der Waals surface area contributed by atoms with Crippen LogP contribution in [0.5, 0.6) is 0 Å². The van der Waals surface area contributed by atoms with Crippen LogP contribution in [0.2, 0.25) is 0 Å². The third-order valence-corrected chi connectivity index (χ3v) is 4.03. The summed E-state index contributed by atoms with van der Waals surface area (Å²) in [6.45, 7) is 0.364. The summed E-state index contributed by atoms with van der Waals surface area (Å²) >= 11 is 0.960. The molecule has 3 aromatic heterocycles. The van der Waals surface area contributed by atoms with Gasteiger partial charge in [-0.05, 0) is 29.8 Å². The van der Waals surface area contributed by atoms with Crippen molar-refractivity contribution in [1.82, 2.24) is 14.7 Å². The van der Waals surface area contributed by atoms with E-state index in [0.29, 0.717) is 11.4 Å². The molecule has 0 unspecified atom stereocenters. The summed E-state index contributed by atoms with van der Waals surface area (Å²) in [6, 6.07) is 6.73. The molecule has 1 amide bonds. The van der Waals surface area contributed by atoms with Crippen LogP contribution in [0.1, 0.15) is 26.3 Å². The molecule has 8 heteroatoms. The number of nitrogens with zero attached hydrogens (tertiary/aromatic N) is 2. The fourth-order valence-electron chi connectivity index (χ4n) is 1.91. The van der Waals surface area contributed by atoms with E-state index in [9.17, 15) is 9.59 Å². The van der Waals surface area contributed by atoms with Crippen LogP contribution in [0.3, 0.4) is 0 Å². The van der Waals surface area contributed by atoms with E-state index in [1.165, 1.54) is 12.1 Å². The van der Waals surface area contributed by atoms with Crippen molar-refractivity contribution >= 4 is 28.9 Å². The molecule has 2 N–H and O–H groups in total. The van der Waals surface area contributed by atoms with Gasteiger partial charge < -0.3 is 16.3 Å². The Labute approximate surface area is 143 Å². The topological polar surface area (TPSA) is 83.7 Å². The average Bonchev–Trinajstić information content (AvgIpc) is 3.12. The van der Waals surface area contributed by atoms with E-state index >= 15 is 0 Å². The summed E-state index contributed by atoms with van der Waals surface area (Å²) < 4.78 is 1.88. The van der Waals surface area contributed by atoms with Crippen molar-refractivity contribution in [2.24, 2.45) is 0 Å². The normalized spacial score (nSPS) is 10.2. The summed E-state index contributed by atoms with van der Waals surface area (Å²) in [7, 11) is 0. The number of carbonyl (C=O) groups excluding carboxylic acids is 1. The summed E-state index contributed by atoms with van der Waals surface area (Å²) in [5.41, 5.74) is 1.74. The minimum absolute atomic E-state index is 0. The minimum atomic E-state index is -1.02. The average molecular weight is 309 g/mol. The molecule has 0 fully saturated rings. The molecule has 0 saturated heterocycles. The van der Waals surface area contributed by atoms with Crippen LogP contribution in [0.15, 0.2) is 42.9 Å². The van der Waals surface area contributed by atoms with Gasteiger partial charge in [0.1, 0.15) is 10.5 Å². The fraction of sp³-hybridized carbons (Fsp3) is 0.0714. The molecular weight excluding hydrogens is 297 g/mol. The van der Waals surface area contributed by atoms with Crippen molar-refractivity contribution < 1.29 is 35.0 Å². The van der Waals surface area contributed by atoms with Gasteiger partial charge in [0.2, 0.25) is 0 Å². The van der Waals surface area contributed by atoms with E-state index in [1.54, 1.807) is 6.20 Å². The number of imidazole rings is 1. The molecule has 6 nitrogen and oxygen atoms in total. The molecule has 0 atom stereocenters. The number of carboxylic acids is 1. The Bertz CT molecular complexity index is 833. The third kappa shape index (κ3) is 3.39. The number of thiophene rings is 1. The molecule has 108 valence electrons. The molecule has 0 bridgehead atoms. The number of pyridine rings is 1. The predicted molar refractivity (Wildman–Crippen MR) is 78.8 cm³/mol. The Balaban J connectivity index is 0.00000132. The number of hydrogen-bond acceptors (Lipinski definition) is 4. The van der Waals surface area contributed by atoms with Crippen LogP contribution < -0.4 is 24.2 Å². The van der Waals surface area contributed by atoms with Gasteiger partial charge in [-0.1, -0.05) is 0 Å². The van der Waals surface area contributed by atoms with Crippen molar-refractivity contribution in [3.63, 3.8) is 0 Å². The molecule has 0 aromatic carbocycles. The van der Waals surface area contributed by atoms with Gasteiger partial charge in [-0.3, -0.25) is 4.79 Å². The molecule has 3 heterocycles. The van der Waals surface area contributed by atoms with E-state index < -0.39 is 5.97 Å². The maximum Gasteiger partial charge on any atom is 1.00 e. The first-order valence-corrected chi connectivity index (χ1v) is 6.98. The molecule has 3 aromatic rings. The van der Waals surface area contributed by atoms with Gasteiger partial charge in [0.05, 0.1) is 4.88 Å². The van der Waals surface area contributed by atoms with E-state index in [4.69, 9.17) is 5.11 Å². The maximum atomic E-state index is 12.0.